The minimum Gasteiger partial charge on any atom is -0.331 e. The number of nitrogens with one attached hydrogen (secondary N) is 1. The fourth-order valence-electron chi connectivity index (χ4n) is 2.20. The number of carbonyl (C=O) groups is 1. The van der Waals surface area contributed by atoms with Gasteiger partial charge in [-0.1, -0.05) is 0 Å². The molecule has 4 nitrogen and oxygen atoms in total. The standard InChI is InChI=1S/C14H17N3O/c1-14(2)10-16-7-8-17(14)13(18)12-5-3-11(9-15)4-6-12/h3-6,16H,7-8,10H2,1-2H3. The number of piperazine rings is 1. The van der Waals surface area contributed by atoms with Gasteiger partial charge in [0, 0.05) is 25.2 Å². The summed E-state index contributed by atoms with van der Waals surface area (Å²) in [5.41, 5.74) is 1.04. The van der Waals surface area contributed by atoms with Gasteiger partial charge in [0.1, 0.15) is 0 Å². The van der Waals surface area contributed by atoms with Crippen molar-refractivity contribution in [3.63, 3.8) is 0 Å². The molecule has 0 atom stereocenters. The Balaban J connectivity index is 2.22. The third-order valence-corrected chi connectivity index (χ3v) is 3.31. The molecule has 0 saturated carbocycles. The largest absolute Gasteiger partial charge is 0.331 e. The number of nitriles is 1. The summed E-state index contributed by atoms with van der Waals surface area (Å²) >= 11 is 0. The van der Waals surface area contributed by atoms with Crippen LogP contribution in [0.3, 0.4) is 0 Å². The van der Waals surface area contributed by atoms with Gasteiger partial charge in [-0.2, -0.15) is 5.26 Å². The Bertz CT molecular complexity index is 485. The molecule has 1 heterocycles. The molecule has 1 aliphatic heterocycles. The molecular formula is C14H17N3O. The van der Waals surface area contributed by atoms with Gasteiger partial charge in [0.2, 0.25) is 0 Å². The molecule has 2 rings (SSSR count). The number of benzene rings is 1. The first-order chi connectivity index (χ1) is 8.54. The van der Waals surface area contributed by atoms with E-state index in [1.807, 2.05) is 4.90 Å². The zero-order chi connectivity index (χ0) is 13.2. The van der Waals surface area contributed by atoms with Crippen molar-refractivity contribution in [2.75, 3.05) is 19.6 Å². The maximum absolute atomic E-state index is 12.4. The highest BCUT2D eigenvalue weighted by atomic mass is 16.2. The minimum atomic E-state index is -0.177. The van der Waals surface area contributed by atoms with E-state index in [9.17, 15) is 4.79 Å². The van der Waals surface area contributed by atoms with Crippen LogP contribution in [0, 0.1) is 11.3 Å². The van der Waals surface area contributed by atoms with Gasteiger partial charge in [-0.15, -0.1) is 0 Å². The van der Waals surface area contributed by atoms with Crippen molar-refractivity contribution in [2.45, 2.75) is 19.4 Å². The number of nitrogens with zero attached hydrogens (tertiary/aromatic N) is 2. The maximum Gasteiger partial charge on any atom is 0.254 e. The second-order valence-electron chi connectivity index (χ2n) is 5.14. The smallest absolute Gasteiger partial charge is 0.254 e. The number of hydrogen-bond acceptors (Lipinski definition) is 3. The topological polar surface area (TPSA) is 56.1 Å². The molecular weight excluding hydrogens is 226 g/mol. The summed E-state index contributed by atoms with van der Waals surface area (Å²) in [4.78, 5) is 14.3. The first-order valence-corrected chi connectivity index (χ1v) is 6.07. The van der Waals surface area contributed by atoms with Crippen LogP contribution >= 0.6 is 0 Å². The fraction of sp³-hybridized carbons (Fsp3) is 0.429. The number of amides is 1. The lowest BCUT2D eigenvalue weighted by atomic mass is 9.98. The van der Waals surface area contributed by atoms with Crippen molar-refractivity contribution in [3.05, 3.63) is 35.4 Å². The van der Waals surface area contributed by atoms with Crippen molar-refractivity contribution in [1.82, 2.24) is 10.2 Å². The van der Waals surface area contributed by atoms with Crippen LogP contribution in [0.25, 0.3) is 0 Å². The first kappa shape index (κ1) is 12.6. The van der Waals surface area contributed by atoms with Crippen LogP contribution < -0.4 is 5.32 Å². The second kappa shape index (κ2) is 4.79. The van der Waals surface area contributed by atoms with Crippen LogP contribution in [0.2, 0.25) is 0 Å². The summed E-state index contributed by atoms with van der Waals surface area (Å²) in [6, 6.07) is 8.86. The van der Waals surface area contributed by atoms with Crippen LogP contribution in [0.4, 0.5) is 0 Å². The van der Waals surface area contributed by atoms with Crippen molar-refractivity contribution in [2.24, 2.45) is 0 Å². The second-order valence-corrected chi connectivity index (χ2v) is 5.14. The molecule has 18 heavy (non-hydrogen) atoms. The van der Waals surface area contributed by atoms with Crippen LogP contribution in [-0.4, -0.2) is 36.0 Å². The molecule has 1 fully saturated rings. The van der Waals surface area contributed by atoms with E-state index in [0.29, 0.717) is 17.7 Å². The van der Waals surface area contributed by atoms with E-state index in [1.165, 1.54) is 0 Å². The molecule has 0 radical (unpaired) electrons. The molecule has 0 aliphatic carbocycles. The zero-order valence-electron chi connectivity index (χ0n) is 10.7. The number of rotatable bonds is 1. The monoisotopic (exact) mass is 243 g/mol. The molecule has 1 aromatic rings. The highest BCUT2D eigenvalue weighted by molar-refractivity contribution is 5.94. The van der Waals surface area contributed by atoms with Gasteiger partial charge in [0.15, 0.2) is 0 Å². The average molecular weight is 243 g/mol. The summed E-state index contributed by atoms with van der Waals surface area (Å²) < 4.78 is 0. The minimum absolute atomic E-state index is 0.0333. The maximum atomic E-state index is 12.4. The quantitative estimate of drug-likeness (QED) is 0.810. The van der Waals surface area contributed by atoms with Gasteiger partial charge in [-0.05, 0) is 38.1 Å². The van der Waals surface area contributed by atoms with E-state index in [4.69, 9.17) is 5.26 Å². The summed E-state index contributed by atoms with van der Waals surface area (Å²) in [5.74, 6) is 0.0333. The van der Waals surface area contributed by atoms with E-state index in [-0.39, 0.29) is 11.4 Å². The lowest BCUT2D eigenvalue weighted by Gasteiger charge is -2.42. The average Bonchev–Trinajstić information content (AvgIpc) is 2.37. The molecule has 0 aromatic heterocycles. The summed E-state index contributed by atoms with van der Waals surface area (Å²) in [6.07, 6.45) is 0. The molecule has 1 aromatic carbocycles. The SMILES string of the molecule is CC1(C)CNCCN1C(=O)c1ccc(C#N)cc1. The third kappa shape index (κ3) is 2.36. The Morgan fingerprint density at radius 1 is 1.39 bits per heavy atom. The van der Waals surface area contributed by atoms with Crippen LogP contribution in [0.15, 0.2) is 24.3 Å². The summed E-state index contributed by atoms with van der Waals surface area (Å²) in [6.45, 7) is 6.45. The lowest BCUT2D eigenvalue weighted by Crippen LogP contribution is -2.59. The fourth-order valence-corrected chi connectivity index (χ4v) is 2.20. The van der Waals surface area contributed by atoms with Crippen molar-refractivity contribution >= 4 is 5.91 Å². The molecule has 0 unspecified atom stereocenters. The Kier molecular flexibility index (Phi) is 3.35. The Hall–Kier alpha value is -1.86. The summed E-state index contributed by atoms with van der Waals surface area (Å²) in [7, 11) is 0. The lowest BCUT2D eigenvalue weighted by molar-refractivity contribution is 0.0477. The third-order valence-electron chi connectivity index (χ3n) is 3.31. The molecule has 1 aliphatic rings. The molecule has 4 heteroatoms. The summed E-state index contributed by atoms with van der Waals surface area (Å²) in [5, 5.41) is 12.0. The van der Waals surface area contributed by atoms with Crippen LogP contribution in [-0.2, 0) is 0 Å². The van der Waals surface area contributed by atoms with E-state index >= 15 is 0 Å². The zero-order valence-corrected chi connectivity index (χ0v) is 10.7. The first-order valence-electron chi connectivity index (χ1n) is 6.07. The van der Waals surface area contributed by atoms with E-state index in [2.05, 4.69) is 25.2 Å². The van der Waals surface area contributed by atoms with E-state index in [1.54, 1.807) is 24.3 Å². The molecule has 94 valence electrons. The Labute approximate surface area is 107 Å². The predicted molar refractivity (Wildman–Crippen MR) is 69.1 cm³/mol. The van der Waals surface area contributed by atoms with Gasteiger partial charge in [-0.3, -0.25) is 4.79 Å². The molecule has 0 spiro atoms. The Morgan fingerprint density at radius 3 is 2.61 bits per heavy atom. The van der Waals surface area contributed by atoms with Gasteiger partial charge in [0.05, 0.1) is 17.2 Å². The number of hydrogen-bond donors (Lipinski definition) is 1. The van der Waals surface area contributed by atoms with E-state index < -0.39 is 0 Å². The van der Waals surface area contributed by atoms with E-state index in [0.717, 1.165) is 13.1 Å². The van der Waals surface area contributed by atoms with Gasteiger partial charge in [0.25, 0.3) is 5.91 Å². The van der Waals surface area contributed by atoms with Crippen LogP contribution in [0.5, 0.6) is 0 Å². The van der Waals surface area contributed by atoms with Crippen molar-refractivity contribution < 1.29 is 4.79 Å². The van der Waals surface area contributed by atoms with Crippen molar-refractivity contribution in [3.8, 4) is 6.07 Å². The highest BCUT2D eigenvalue weighted by Gasteiger charge is 2.33. The Morgan fingerprint density at radius 2 is 2.06 bits per heavy atom. The van der Waals surface area contributed by atoms with Gasteiger partial charge >= 0.3 is 0 Å². The highest BCUT2D eigenvalue weighted by Crippen LogP contribution is 2.19. The molecule has 1 amide bonds. The molecule has 0 bridgehead atoms. The molecule has 1 saturated heterocycles. The normalized spacial score (nSPS) is 18.2. The molecule has 1 N–H and O–H groups in total. The van der Waals surface area contributed by atoms with Crippen LogP contribution in [0.1, 0.15) is 29.8 Å². The van der Waals surface area contributed by atoms with Gasteiger partial charge in [-0.25, -0.2) is 0 Å². The predicted octanol–water partition coefficient (Wildman–Crippen LogP) is 1.38. The van der Waals surface area contributed by atoms with Crippen molar-refractivity contribution in [1.29, 1.82) is 5.26 Å². The van der Waals surface area contributed by atoms with Gasteiger partial charge < -0.3 is 10.2 Å². The number of carbonyl (C=O) groups excluding carboxylic acids is 1.